The van der Waals surface area contributed by atoms with E-state index in [2.05, 4.69) is 24.5 Å². The van der Waals surface area contributed by atoms with Gasteiger partial charge < -0.3 is 51.4 Å². The zero-order valence-corrected chi connectivity index (χ0v) is 44.2. The van der Waals surface area contributed by atoms with Gasteiger partial charge in [-0.2, -0.15) is 0 Å². The van der Waals surface area contributed by atoms with Crippen molar-refractivity contribution in [3.8, 4) is 0 Å². The Morgan fingerprint density at radius 1 is 0.500 bits per heavy atom. The summed E-state index contributed by atoms with van der Waals surface area (Å²) >= 11 is 0. The molecule has 0 radical (unpaired) electrons. The lowest BCUT2D eigenvalue weighted by molar-refractivity contribution is -0.297. The van der Waals surface area contributed by atoms with Gasteiger partial charge in [-0.3, -0.25) is 9.59 Å². The third-order valence-corrected chi connectivity index (χ3v) is 14.2. The zero-order chi connectivity index (χ0) is 49.7. The van der Waals surface area contributed by atoms with Crippen molar-refractivity contribution >= 4 is 11.8 Å². The molecular formula is C56H111N3O9. The Hall–Kier alpha value is -1.38. The monoisotopic (exact) mass is 970 g/mol. The molecule has 0 aromatic rings. The lowest BCUT2D eigenvalue weighted by Gasteiger charge is -2.41. The van der Waals surface area contributed by atoms with Gasteiger partial charge in [0.25, 0.3) is 0 Å². The van der Waals surface area contributed by atoms with E-state index < -0.39 is 49.0 Å². The minimum absolute atomic E-state index is 0.110. The van der Waals surface area contributed by atoms with Crippen molar-refractivity contribution < 1.29 is 44.6 Å². The number of amides is 2. The number of aliphatic hydroxyl groups is 5. The summed E-state index contributed by atoms with van der Waals surface area (Å²) in [5, 5.41) is 60.1. The maximum Gasteiger partial charge on any atom is 0.220 e. The second-order valence-corrected chi connectivity index (χ2v) is 20.7. The molecule has 1 saturated heterocycles. The maximum absolute atomic E-state index is 13.2. The summed E-state index contributed by atoms with van der Waals surface area (Å²) in [6.07, 6.45) is 37.8. The minimum atomic E-state index is -1.62. The van der Waals surface area contributed by atoms with Crippen LogP contribution in [0.25, 0.3) is 0 Å². The van der Waals surface area contributed by atoms with Gasteiger partial charge in [0.05, 0.1) is 18.8 Å². The van der Waals surface area contributed by atoms with Crippen LogP contribution >= 0.6 is 0 Å². The fraction of sp³-hybridized carbons (Fsp3) is 0.964. The number of ether oxygens (including phenoxy) is 2. The largest absolute Gasteiger partial charge is 0.390 e. The van der Waals surface area contributed by atoms with E-state index in [0.717, 1.165) is 57.8 Å². The number of rotatable bonds is 50. The lowest BCUT2D eigenvalue weighted by Crippen LogP contribution is -2.61. The van der Waals surface area contributed by atoms with Crippen LogP contribution in [0.5, 0.6) is 0 Å². The summed E-state index contributed by atoms with van der Waals surface area (Å²) in [4.78, 5) is 25.6. The van der Waals surface area contributed by atoms with Crippen LogP contribution in [0.3, 0.4) is 0 Å². The molecule has 1 fully saturated rings. The van der Waals surface area contributed by atoms with Gasteiger partial charge in [-0.15, -0.1) is 0 Å². The molecule has 8 atom stereocenters. The van der Waals surface area contributed by atoms with Crippen molar-refractivity contribution in [3.05, 3.63) is 0 Å². The summed E-state index contributed by atoms with van der Waals surface area (Å²) in [5.74, 6) is -0.490. The highest BCUT2D eigenvalue weighted by Crippen LogP contribution is 2.24. The topological polar surface area (TPSA) is 204 Å². The average Bonchev–Trinajstić information content (AvgIpc) is 3.33. The number of hydrogen-bond acceptors (Lipinski definition) is 10. The molecule has 68 heavy (non-hydrogen) atoms. The molecular weight excluding hydrogens is 859 g/mol. The van der Waals surface area contributed by atoms with Crippen LogP contribution in [0.1, 0.15) is 277 Å². The van der Waals surface area contributed by atoms with E-state index in [9.17, 15) is 35.1 Å². The molecule has 0 saturated carbocycles. The molecule has 0 spiro atoms. The van der Waals surface area contributed by atoms with Crippen molar-refractivity contribution in [2.75, 3.05) is 19.7 Å². The van der Waals surface area contributed by atoms with E-state index in [1.165, 1.54) is 173 Å². The van der Waals surface area contributed by atoms with E-state index in [-0.39, 0.29) is 37.8 Å². The van der Waals surface area contributed by atoms with Crippen molar-refractivity contribution in [1.82, 2.24) is 10.6 Å². The predicted octanol–water partition coefficient (Wildman–Crippen LogP) is 11.1. The second kappa shape index (κ2) is 46.7. The third-order valence-electron chi connectivity index (χ3n) is 14.2. The highest BCUT2D eigenvalue weighted by atomic mass is 16.7. The number of carbonyl (C=O) groups excluding carboxylic acids is 2. The first kappa shape index (κ1) is 64.6. The van der Waals surface area contributed by atoms with Crippen LogP contribution < -0.4 is 16.4 Å². The average molecular weight is 971 g/mol. The molecule has 12 heteroatoms. The first-order chi connectivity index (χ1) is 33.2. The Morgan fingerprint density at radius 2 is 0.868 bits per heavy atom. The van der Waals surface area contributed by atoms with Crippen LogP contribution in [0.2, 0.25) is 0 Å². The number of nitrogens with one attached hydrogen (secondary N) is 2. The van der Waals surface area contributed by atoms with Gasteiger partial charge in [0.2, 0.25) is 11.8 Å². The van der Waals surface area contributed by atoms with Gasteiger partial charge in [0.15, 0.2) is 6.29 Å². The second-order valence-electron chi connectivity index (χ2n) is 20.7. The van der Waals surface area contributed by atoms with Crippen LogP contribution in [0, 0.1) is 0 Å². The lowest BCUT2D eigenvalue weighted by atomic mass is 9.98. The highest BCUT2D eigenvalue weighted by molar-refractivity contribution is 5.76. The number of aliphatic hydroxyl groups excluding tert-OH is 5. The van der Waals surface area contributed by atoms with Crippen molar-refractivity contribution in [2.45, 2.75) is 326 Å². The summed E-state index contributed by atoms with van der Waals surface area (Å²) in [6.45, 7) is 4.66. The maximum atomic E-state index is 13.2. The molecule has 1 aliphatic heterocycles. The van der Waals surface area contributed by atoms with Gasteiger partial charge in [-0.25, -0.2) is 0 Å². The Labute approximate surface area is 417 Å². The van der Waals surface area contributed by atoms with Crippen molar-refractivity contribution in [2.24, 2.45) is 5.73 Å². The molecule has 0 aliphatic carbocycles. The Bertz CT molecular complexity index is 1120. The molecule has 1 heterocycles. The van der Waals surface area contributed by atoms with Crippen LogP contribution in [0.4, 0.5) is 0 Å². The molecule has 5 unspecified atom stereocenters. The fourth-order valence-corrected chi connectivity index (χ4v) is 9.54. The summed E-state index contributed by atoms with van der Waals surface area (Å²) in [6, 6.07) is -1.01. The molecule has 12 nitrogen and oxygen atoms in total. The van der Waals surface area contributed by atoms with Gasteiger partial charge >= 0.3 is 0 Å². The van der Waals surface area contributed by atoms with E-state index in [4.69, 9.17) is 15.2 Å². The van der Waals surface area contributed by atoms with Crippen molar-refractivity contribution in [1.29, 1.82) is 0 Å². The third kappa shape index (κ3) is 35.7. The van der Waals surface area contributed by atoms with Gasteiger partial charge in [-0.05, 0) is 32.2 Å². The van der Waals surface area contributed by atoms with Gasteiger partial charge in [0, 0.05) is 19.4 Å². The zero-order valence-electron chi connectivity index (χ0n) is 44.2. The molecule has 0 aromatic heterocycles. The number of hydrogen-bond donors (Lipinski definition) is 8. The Kier molecular flexibility index (Phi) is 44.4. The van der Waals surface area contributed by atoms with Crippen molar-refractivity contribution in [3.63, 3.8) is 0 Å². The quantitative estimate of drug-likeness (QED) is 0.0271. The molecule has 0 aromatic carbocycles. The number of nitrogens with two attached hydrogens (primary N) is 1. The molecule has 1 aliphatic rings. The SMILES string of the molecule is CCCCCCCCCCCCCCCCCCCCCCCCCC(=O)N[C@@H](COC1OC(CNC(=O)CCCCCN)C(O)C(O)C1O)[C@H](O)[C@H](O)CCCCCCCCCCCCCC. The molecule has 9 N–H and O–H groups in total. The van der Waals surface area contributed by atoms with E-state index in [0.29, 0.717) is 25.8 Å². The summed E-state index contributed by atoms with van der Waals surface area (Å²) in [5.41, 5.74) is 5.54. The molecule has 0 bridgehead atoms. The Balaban J connectivity index is 2.45. The minimum Gasteiger partial charge on any atom is -0.390 e. The highest BCUT2D eigenvalue weighted by Gasteiger charge is 2.45. The van der Waals surface area contributed by atoms with Gasteiger partial charge in [0.1, 0.15) is 30.5 Å². The van der Waals surface area contributed by atoms with Crippen LogP contribution in [-0.4, -0.2) is 106 Å². The van der Waals surface area contributed by atoms with E-state index >= 15 is 0 Å². The predicted molar refractivity (Wildman–Crippen MR) is 279 cm³/mol. The summed E-state index contributed by atoms with van der Waals surface area (Å²) < 4.78 is 11.7. The number of carbonyl (C=O) groups is 2. The van der Waals surface area contributed by atoms with Gasteiger partial charge in [-0.1, -0.05) is 239 Å². The first-order valence-corrected chi connectivity index (χ1v) is 29.1. The van der Waals surface area contributed by atoms with Crippen LogP contribution in [0.15, 0.2) is 0 Å². The van der Waals surface area contributed by atoms with Crippen LogP contribution in [-0.2, 0) is 19.1 Å². The van der Waals surface area contributed by atoms with E-state index in [1.54, 1.807) is 0 Å². The van der Waals surface area contributed by atoms with E-state index in [1.807, 2.05) is 0 Å². The standard InChI is InChI=1S/C56H111N3O9/c1-3-5-7-9-11-13-15-17-18-19-20-21-22-23-24-25-26-27-29-31-33-35-38-43-51(62)59-47(52(63)48(60)41-37-34-32-30-28-16-14-12-10-8-6-4-2)46-67-56-55(66)54(65)53(64)49(68-56)45-58-50(61)42-39-36-40-44-57/h47-49,52-56,60,63-66H,3-46,57H2,1-2H3,(H,58,61)(H,59,62)/t47-,48+,49?,52-,53?,54?,55?,56?/m0/s1. The smallest absolute Gasteiger partial charge is 0.220 e. The normalized spacial score (nSPS) is 19.8. The first-order valence-electron chi connectivity index (χ1n) is 29.1. The molecule has 2 amide bonds. The Morgan fingerprint density at radius 3 is 1.28 bits per heavy atom. The molecule has 1 rings (SSSR count). The molecule has 404 valence electrons. The fourth-order valence-electron chi connectivity index (χ4n) is 9.54. The number of unbranched alkanes of at least 4 members (excludes halogenated alkanes) is 35. The summed E-state index contributed by atoms with van der Waals surface area (Å²) in [7, 11) is 0.